The first kappa shape index (κ1) is 13.6. The summed E-state index contributed by atoms with van der Waals surface area (Å²) < 4.78 is 0. The average Bonchev–Trinajstić information content (AvgIpc) is 2.24. The Morgan fingerprint density at radius 1 is 1.35 bits per heavy atom. The highest BCUT2D eigenvalue weighted by Gasteiger charge is 2.14. The third-order valence-electron chi connectivity index (χ3n) is 1.92. The van der Waals surface area contributed by atoms with Crippen molar-refractivity contribution in [1.82, 2.24) is 5.32 Å². The van der Waals surface area contributed by atoms with E-state index in [1.807, 2.05) is 0 Å². The van der Waals surface area contributed by atoms with E-state index in [2.05, 4.69) is 10.6 Å². The number of carbonyl (C=O) groups excluding carboxylic acids is 1. The summed E-state index contributed by atoms with van der Waals surface area (Å²) in [7, 11) is 0. The summed E-state index contributed by atoms with van der Waals surface area (Å²) in [6.45, 7) is 1.35. The van der Waals surface area contributed by atoms with E-state index >= 15 is 0 Å². The number of carbonyl (C=O) groups is 2. The fourth-order valence-corrected chi connectivity index (χ4v) is 1.36. The van der Waals surface area contributed by atoms with Crippen molar-refractivity contribution in [2.45, 2.75) is 13.0 Å². The van der Waals surface area contributed by atoms with Crippen LogP contribution in [0.5, 0.6) is 0 Å². The van der Waals surface area contributed by atoms with E-state index in [4.69, 9.17) is 28.3 Å². The van der Waals surface area contributed by atoms with Gasteiger partial charge in [-0.15, -0.1) is 0 Å². The maximum absolute atomic E-state index is 11.4. The number of aliphatic carboxylic acids is 1. The van der Waals surface area contributed by atoms with Gasteiger partial charge in [0.2, 0.25) is 0 Å². The van der Waals surface area contributed by atoms with Gasteiger partial charge in [0.15, 0.2) is 0 Å². The fraction of sp³-hybridized carbons (Fsp3) is 0.200. The summed E-state index contributed by atoms with van der Waals surface area (Å²) in [6.07, 6.45) is 0. The van der Waals surface area contributed by atoms with E-state index < -0.39 is 18.0 Å². The molecule has 92 valence electrons. The molecule has 1 rings (SSSR count). The number of benzene rings is 1. The first-order valence-electron chi connectivity index (χ1n) is 4.66. The molecular formula is C10H10Cl2N2O3. The molecule has 17 heavy (non-hydrogen) atoms. The highest BCUT2D eigenvalue weighted by molar-refractivity contribution is 6.43. The maximum Gasteiger partial charge on any atom is 0.325 e. The van der Waals surface area contributed by atoms with Crippen LogP contribution in [-0.2, 0) is 4.79 Å². The molecule has 2 amide bonds. The van der Waals surface area contributed by atoms with Crippen LogP contribution in [0.3, 0.4) is 0 Å². The number of hydrogen-bond donors (Lipinski definition) is 3. The van der Waals surface area contributed by atoms with Crippen molar-refractivity contribution >= 4 is 40.9 Å². The molecule has 0 saturated heterocycles. The molecule has 0 bridgehead atoms. The number of hydrogen-bond acceptors (Lipinski definition) is 2. The number of nitrogens with one attached hydrogen (secondary N) is 2. The summed E-state index contributed by atoms with van der Waals surface area (Å²) in [4.78, 5) is 21.9. The van der Waals surface area contributed by atoms with E-state index in [1.54, 1.807) is 18.2 Å². The Labute approximate surface area is 108 Å². The molecule has 0 fully saturated rings. The first-order valence-corrected chi connectivity index (χ1v) is 5.41. The van der Waals surface area contributed by atoms with Gasteiger partial charge in [0.1, 0.15) is 6.04 Å². The molecule has 1 atom stereocenters. The second-order valence-electron chi connectivity index (χ2n) is 3.26. The molecule has 0 aliphatic rings. The molecule has 0 spiro atoms. The second kappa shape index (κ2) is 5.75. The number of carboxylic acids is 1. The Morgan fingerprint density at radius 3 is 2.59 bits per heavy atom. The smallest absolute Gasteiger partial charge is 0.325 e. The normalized spacial score (nSPS) is 11.7. The third kappa shape index (κ3) is 3.80. The lowest BCUT2D eigenvalue weighted by Gasteiger charge is -2.12. The second-order valence-corrected chi connectivity index (χ2v) is 4.04. The van der Waals surface area contributed by atoms with Crippen LogP contribution >= 0.6 is 23.2 Å². The van der Waals surface area contributed by atoms with Gasteiger partial charge in [-0.1, -0.05) is 29.3 Å². The van der Waals surface area contributed by atoms with Gasteiger partial charge in [0.25, 0.3) is 0 Å². The highest BCUT2D eigenvalue weighted by atomic mass is 35.5. The van der Waals surface area contributed by atoms with Crippen LogP contribution in [0.2, 0.25) is 10.0 Å². The molecule has 0 aliphatic carbocycles. The van der Waals surface area contributed by atoms with Crippen molar-refractivity contribution in [3.8, 4) is 0 Å². The molecule has 5 nitrogen and oxygen atoms in total. The van der Waals surface area contributed by atoms with E-state index in [9.17, 15) is 9.59 Å². The van der Waals surface area contributed by atoms with Crippen LogP contribution in [0.15, 0.2) is 18.2 Å². The van der Waals surface area contributed by atoms with Crippen molar-refractivity contribution in [1.29, 1.82) is 0 Å². The average molecular weight is 277 g/mol. The zero-order valence-electron chi connectivity index (χ0n) is 8.83. The van der Waals surface area contributed by atoms with Gasteiger partial charge in [-0.3, -0.25) is 4.79 Å². The Balaban J connectivity index is 2.69. The van der Waals surface area contributed by atoms with E-state index in [-0.39, 0.29) is 5.02 Å². The van der Waals surface area contributed by atoms with Gasteiger partial charge in [0, 0.05) is 0 Å². The molecule has 0 unspecified atom stereocenters. The lowest BCUT2D eigenvalue weighted by atomic mass is 10.3. The van der Waals surface area contributed by atoms with Gasteiger partial charge in [0.05, 0.1) is 15.7 Å². The van der Waals surface area contributed by atoms with E-state index in [0.717, 1.165) is 0 Å². The number of halogens is 2. The monoisotopic (exact) mass is 276 g/mol. The molecule has 3 N–H and O–H groups in total. The molecule has 7 heteroatoms. The highest BCUT2D eigenvalue weighted by Crippen LogP contribution is 2.29. The minimum atomic E-state index is -1.13. The number of rotatable bonds is 3. The molecular weight excluding hydrogens is 267 g/mol. The van der Waals surface area contributed by atoms with Crippen LogP contribution < -0.4 is 10.6 Å². The summed E-state index contributed by atoms with van der Waals surface area (Å²) in [6, 6.07) is 3.09. The van der Waals surface area contributed by atoms with E-state index in [1.165, 1.54) is 6.92 Å². The minimum absolute atomic E-state index is 0.201. The van der Waals surface area contributed by atoms with Crippen molar-refractivity contribution < 1.29 is 14.7 Å². The number of amides is 2. The largest absolute Gasteiger partial charge is 0.480 e. The van der Waals surface area contributed by atoms with Gasteiger partial charge in [-0.05, 0) is 19.1 Å². The van der Waals surface area contributed by atoms with Gasteiger partial charge in [-0.25, -0.2) is 4.79 Å². The number of urea groups is 1. The fourth-order valence-electron chi connectivity index (χ4n) is 1.02. The maximum atomic E-state index is 11.4. The summed E-state index contributed by atoms with van der Waals surface area (Å²) in [5.41, 5.74) is 0.314. The Bertz CT molecular complexity index is 451. The van der Waals surface area contributed by atoms with Crippen molar-refractivity contribution in [3.05, 3.63) is 28.2 Å². The molecule has 1 aromatic carbocycles. The van der Waals surface area contributed by atoms with Crippen molar-refractivity contribution in [2.75, 3.05) is 5.32 Å². The molecule has 0 saturated carbocycles. The Kier molecular flexibility index (Phi) is 4.60. The number of carboxylic acid groups (broad SMARTS) is 1. The summed E-state index contributed by atoms with van der Waals surface area (Å²) >= 11 is 11.6. The predicted octanol–water partition coefficient (Wildman–Crippen LogP) is 2.59. The Hall–Kier alpha value is -1.46. The summed E-state index contributed by atoms with van der Waals surface area (Å²) in [5, 5.41) is 13.7. The van der Waals surface area contributed by atoms with Crippen LogP contribution in [0.1, 0.15) is 6.92 Å². The summed E-state index contributed by atoms with van der Waals surface area (Å²) in [5.74, 6) is -1.13. The van der Waals surface area contributed by atoms with Crippen LogP contribution in [-0.4, -0.2) is 23.1 Å². The van der Waals surface area contributed by atoms with Crippen LogP contribution in [0, 0.1) is 0 Å². The predicted molar refractivity (Wildman–Crippen MR) is 65.7 cm³/mol. The molecule has 1 aromatic rings. The zero-order chi connectivity index (χ0) is 13.0. The minimum Gasteiger partial charge on any atom is -0.480 e. The molecule has 0 aromatic heterocycles. The third-order valence-corrected chi connectivity index (χ3v) is 2.74. The van der Waals surface area contributed by atoms with E-state index in [0.29, 0.717) is 10.7 Å². The lowest BCUT2D eigenvalue weighted by molar-refractivity contribution is -0.138. The van der Waals surface area contributed by atoms with Crippen LogP contribution in [0.4, 0.5) is 10.5 Å². The standard InChI is InChI=1S/C10H10Cl2N2O3/c1-5(9(15)16)13-10(17)14-7-4-2-3-6(11)8(7)12/h2-5H,1H3,(H,15,16)(H2,13,14,17)/t5-/m1/s1. The quantitative estimate of drug-likeness (QED) is 0.794. The topological polar surface area (TPSA) is 78.4 Å². The number of anilines is 1. The van der Waals surface area contributed by atoms with Gasteiger partial charge >= 0.3 is 12.0 Å². The van der Waals surface area contributed by atoms with Gasteiger partial charge in [-0.2, -0.15) is 0 Å². The lowest BCUT2D eigenvalue weighted by Crippen LogP contribution is -2.40. The SMILES string of the molecule is C[C@@H](NC(=O)Nc1cccc(Cl)c1Cl)C(=O)O. The van der Waals surface area contributed by atoms with Crippen molar-refractivity contribution in [3.63, 3.8) is 0 Å². The molecule has 0 aliphatic heterocycles. The molecule has 0 radical (unpaired) electrons. The first-order chi connectivity index (χ1) is 7.91. The zero-order valence-corrected chi connectivity index (χ0v) is 10.3. The van der Waals surface area contributed by atoms with Crippen LogP contribution in [0.25, 0.3) is 0 Å². The molecule has 0 heterocycles. The van der Waals surface area contributed by atoms with Crippen molar-refractivity contribution in [2.24, 2.45) is 0 Å². The Morgan fingerprint density at radius 2 is 2.00 bits per heavy atom. The van der Waals surface area contributed by atoms with Gasteiger partial charge < -0.3 is 15.7 Å².